The number of carbonyl (C=O) groups excluding carboxylic acids is 1. The Kier molecular flexibility index (Phi) is 4.18. The van der Waals surface area contributed by atoms with Gasteiger partial charge in [0, 0.05) is 11.0 Å². The van der Waals surface area contributed by atoms with Gasteiger partial charge in [-0.25, -0.2) is 0 Å². The lowest BCUT2D eigenvalue weighted by Gasteiger charge is -2.56. The Hall–Kier alpha value is -1.23. The summed E-state index contributed by atoms with van der Waals surface area (Å²) in [6.45, 7) is 1.99. The van der Waals surface area contributed by atoms with Crippen LogP contribution in [0.3, 0.4) is 0 Å². The average molecular weight is 420 g/mol. The van der Waals surface area contributed by atoms with Crippen LogP contribution in [0.25, 0.3) is 0 Å². The molecule has 1 heterocycles. The Labute approximate surface area is 163 Å². The number of nitrogens with one attached hydrogen (secondary N) is 1. The van der Waals surface area contributed by atoms with E-state index in [4.69, 9.17) is 9.47 Å². The van der Waals surface area contributed by atoms with Gasteiger partial charge in [0.15, 0.2) is 11.5 Å². The molecule has 4 bridgehead atoms. The smallest absolute Gasteiger partial charge is 0.224 e. The van der Waals surface area contributed by atoms with Crippen molar-refractivity contribution < 1.29 is 14.3 Å². The zero-order chi connectivity index (χ0) is 17.7. The molecule has 0 aromatic heterocycles. The summed E-state index contributed by atoms with van der Waals surface area (Å²) in [4.78, 5) is 12.6. The zero-order valence-corrected chi connectivity index (χ0v) is 16.6. The molecular formula is C21H26BrNO3. The molecule has 0 spiro atoms. The van der Waals surface area contributed by atoms with Gasteiger partial charge in [0.05, 0.1) is 6.42 Å². The fourth-order valence-electron chi connectivity index (χ4n) is 6.27. The highest BCUT2D eigenvalue weighted by atomic mass is 79.9. The van der Waals surface area contributed by atoms with Crippen molar-refractivity contribution in [2.45, 2.75) is 44.9 Å². The first-order valence-electron chi connectivity index (χ1n) is 9.93. The molecule has 5 aliphatic rings. The minimum absolute atomic E-state index is 0.109. The Bertz CT molecular complexity index is 697. The molecule has 1 aromatic carbocycles. The molecule has 0 unspecified atom stereocenters. The van der Waals surface area contributed by atoms with E-state index in [9.17, 15) is 4.79 Å². The fourth-order valence-corrected chi connectivity index (χ4v) is 6.73. The zero-order valence-electron chi connectivity index (χ0n) is 15.1. The number of hydrogen-bond donors (Lipinski definition) is 1. The van der Waals surface area contributed by atoms with Crippen LogP contribution in [-0.2, 0) is 11.2 Å². The predicted octanol–water partition coefficient (Wildman–Crippen LogP) is 4.10. The number of carbonyl (C=O) groups is 1. The summed E-state index contributed by atoms with van der Waals surface area (Å²) in [5.41, 5.74) is 1.34. The van der Waals surface area contributed by atoms with Crippen molar-refractivity contribution in [3.8, 4) is 11.5 Å². The number of fused-ring (bicyclic) bond motifs is 1. The second-order valence-electron chi connectivity index (χ2n) is 8.96. The third kappa shape index (κ3) is 3.12. The van der Waals surface area contributed by atoms with Crippen LogP contribution in [0.15, 0.2) is 16.6 Å². The van der Waals surface area contributed by atoms with E-state index >= 15 is 0 Å². The largest absolute Gasteiger partial charge is 0.486 e. The molecule has 0 saturated heterocycles. The maximum atomic E-state index is 12.6. The lowest BCUT2D eigenvalue weighted by atomic mass is 9.49. The van der Waals surface area contributed by atoms with Gasteiger partial charge >= 0.3 is 0 Å². The third-order valence-electron chi connectivity index (χ3n) is 6.89. The minimum Gasteiger partial charge on any atom is -0.486 e. The van der Waals surface area contributed by atoms with Crippen LogP contribution in [0.4, 0.5) is 0 Å². The number of hydrogen-bond acceptors (Lipinski definition) is 3. The summed E-state index contributed by atoms with van der Waals surface area (Å²) in [7, 11) is 0. The van der Waals surface area contributed by atoms with Gasteiger partial charge in [-0.15, -0.1) is 0 Å². The summed E-state index contributed by atoms with van der Waals surface area (Å²) >= 11 is 3.57. The van der Waals surface area contributed by atoms with Crippen LogP contribution < -0.4 is 14.8 Å². The van der Waals surface area contributed by atoms with Crippen LogP contribution in [0.2, 0.25) is 0 Å². The topological polar surface area (TPSA) is 47.6 Å². The van der Waals surface area contributed by atoms with Gasteiger partial charge in [0.1, 0.15) is 13.2 Å². The number of halogens is 1. The van der Waals surface area contributed by atoms with E-state index < -0.39 is 0 Å². The lowest BCUT2D eigenvalue weighted by molar-refractivity contribution is -0.122. The first-order valence-corrected chi connectivity index (χ1v) is 10.7. The van der Waals surface area contributed by atoms with E-state index in [1.807, 2.05) is 12.1 Å². The summed E-state index contributed by atoms with van der Waals surface area (Å²) in [5.74, 6) is 4.36. The Morgan fingerprint density at radius 3 is 2.23 bits per heavy atom. The van der Waals surface area contributed by atoms with Crippen LogP contribution in [0.5, 0.6) is 11.5 Å². The Morgan fingerprint density at radius 2 is 1.62 bits per heavy atom. The van der Waals surface area contributed by atoms with E-state index in [2.05, 4.69) is 21.2 Å². The molecule has 0 atom stereocenters. The van der Waals surface area contributed by atoms with E-state index in [0.717, 1.165) is 45.8 Å². The minimum atomic E-state index is 0.109. The molecular weight excluding hydrogens is 394 g/mol. The average Bonchev–Trinajstić information content (AvgIpc) is 2.60. The quantitative estimate of drug-likeness (QED) is 0.798. The van der Waals surface area contributed by atoms with Crippen molar-refractivity contribution in [1.82, 2.24) is 5.32 Å². The van der Waals surface area contributed by atoms with E-state index in [1.165, 1.54) is 38.5 Å². The van der Waals surface area contributed by atoms with E-state index in [1.54, 1.807) is 0 Å². The third-order valence-corrected chi connectivity index (χ3v) is 7.63. The highest BCUT2D eigenvalue weighted by Gasteiger charge is 2.50. The normalized spacial score (nSPS) is 34.0. The van der Waals surface area contributed by atoms with Crippen LogP contribution in [-0.4, -0.2) is 25.7 Å². The first kappa shape index (κ1) is 16.9. The van der Waals surface area contributed by atoms with Crippen molar-refractivity contribution >= 4 is 21.8 Å². The maximum absolute atomic E-state index is 12.6. The lowest BCUT2D eigenvalue weighted by Crippen LogP contribution is -2.51. The van der Waals surface area contributed by atoms with Gasteiger partial charge in [-0.05, 0) is 79.4 Å². The van der Waals surface area contributed by atoms with Crippen LogP contribution in [0.1, 0.15) is 44.1 Å². The molecule has 0 radical (unpaired) electrons. The molecule has 4 saturated carbocycles. The summed E-state index contributed by atoms with van der Waals surface area (Å²) in [6, 6.07) is 3.85. The predicted molar refractivity (Wildman–Crippen MR) is 102 cm³/mol. The number of amides is 1. The van der Waals surface area contributed by atoms with E-state index in [0.29, 0.717) is 25.0 Å². The monoisotopic (exact) mass is 419 g/mol. The molecule has 26 heavy (non-hydrogen) atoms. The summed E-state index contributed by atoms with van der Waals surface area (Å²) < 4.78 is 12.2. The van der Waals surface area contributed by atoms with Gasteiger partial charge in [-0.2, -0.15) is 0 Å². The fraction of sp³-hybridized carbons (Fsp3) is 0.667. The van der Waals surface area contributed by atoms with Gasteiger partial charge in [0.2, 0.25) is 5.91 Å². The summed E-state index contributed by atoms with van der Waals surface area (Å²) in [5, 5.41) is 3.26. The van der Waals surface area contributed by atoms with Crippen molar-refractivity contribution in [3.05, 3.63) is 22.2 Å². The molecule has 5 heteroatoms. The molecule has 1 amide bonds. The standard InChI is InChI=1S/C21H26BrNO3/c22-17-8-19-18(25-1-2-26-19)6-16(17)7-20(24)23-12-21-9-13-3-14(10-21)5-15(4-13)11-21/h6,8,13-15H,1-5,7,9-12H2,(H,23,24). The molecule has 6 rings (SSSR count). The Balaban J connectivity index is 1.23. The molecule has 1 N–H and O–H groups in total. The van der Waals surface area contributed by atoms with Crippen LogP contribution in [0, 0.1) is 23.2 Å². The first-order chi connectivity index (χ1) is 12.6. The van der Waals surface area contributed by atoms with Crippen molar-refractivity contribution in [3.63, 3.8) is 0 Å². The van der Waals surface area contributed by atoms with Gasteiger partial charge in [-0.1, -0.05) is 15.9 Å². The molecule has 140 valence electrons. The van der Waals surface area contributed by atoms with Crippen molar-refractivity contribution in [1.29, 1.82) is 0 Å². The van der Waals surface area contributed by atoms with Gasteiger partial charge in [-0.3, -0.25) is 4.79 Å². The second kappa shape index (κ2) is 6.43. The maximum Gasteiger partial charge on any atom is 0.224 e. The van der Waals surface area contributed by atoms with Gasteiger partial charge < -0.3 is 14.8 Å². The van der Waals surface area contributed by atoms with Crippen molar-refractivity contribution in [2.24, 2.45) is 23.2 Å². The highest BCUT2D eigenvalue weighted by molar-refractivity contribution is 9.10. The SMILES string of the molecule is O=C(Cc1cc2c(cc1Br)OCCO2)NCC12CC3CC(CC(C3)C1)C2. The Morgan fingerprint density at radius 1 is 1.04 bits per heavy atom. The molecule has 4 nitrogen and oxygen atoms in total. The van der Waals surface area contributed by atoms with Crippen molar-refractivity contribution in [2.75, 3.05) is 19.8 Å². The number of ether oxygens (including phenoxy) is 2. The van der Waals surface area contributed by atoms with E-state index in [-0.39, 0.29) is 5.91 Å². The van der Waals surface area contributed by atoms with Crippen LogP contribution >= 0.6 is 15.9 Å². The van der Waals surface area contributed by atoms with Gasteiger partial charge in [0.25, 0.3) is 0 Å². The number of benzene rings is 1. The molecule has 4 aliphatic carbocycles. The molecule has 1 aromatic rings. The highest BCUT2D eigenvalue weighted by Crippen LogP contribution is 2.59. The summed E-state index contributed by atoms with van der Waals surface area (Å²) in [6.07, 6.45) is 8.68. The molecule has 4 fully saturated rings. The number of rotatable bonds is 4. The second-order valence-corrected chi connectivity index (χ2v) is 9.81. The molecule has 1 aliphatic heterocycles.